The van der Waals surface area contributed by atoms with Gasteiger partial charge in [0.2, 0.25) is 0 Å². The fourth-order valence-corrected chi connectivity index (χ4v) is 1.52. The molecule has 11 heavy (non-hydrogen) atoms. The molecule has 1 rings (SSSR count). The second-order valence-electron chi connectivity index (χ2n) is 3.62. The highest BCUT2D eigenvalue weighted by Crippen LogP contribution is 2.27. The van der Waals surface area contributed by atoms with Crippen LogP contribution in [-0.4, -0.2) is 23.9 Å². The summed E-state index contributed by atoms with van der Waals surface area (Å²) in [4.78, 5) is 0. The molecule has 1 aliphatic rings. The fourth-order valence-electron chi connectivity index (χ4n) is 1.52. The van der Waals surface area contributed by atoms with Gasteiger partial charge in [-0.2, -0.15) is 0 Å². The molecule has 2 nitrogen and oxygen atoms in total. The predicted octanol–water partition coefficient (Wildman–Crippen LogP) is 1.57. The van der Waals surface area contributed by atoms with Crippen LogP contribution < -0.4 is 0 Å². The Labute approximate surface area is 68.6 Å². The number of hydrogen-bond donors (Lipinski definition) is 1. The summed E-state index contributed by atoms with van der Waals surface area (Å²) in [7, 11) is 0. The standard InChI is InChI=1S/C9H18O2/c1-3-9(2,10)8-5-4-6-11-7-8/h8,10H,3-7H2,1-2H3. The van der Waals surface area contributed by atoms with E-state index in [-0.39, 0.29) is 0 Å². The minimum atomic E-state index is -0.513. The summed E-state index contributed by atoms with van der Waals surface area (Å²) in [6.45, 7) is 5.54. The average molecular weight is 158 g/mol. The van der Waals surface area contributed by atoms with Crippen molar-refractivity contribution in [1.82, 2.24) is 0 Å². The summed E-state index contributed by atoms with van der Waals surface area (Å²) in [6, 6.07) is 0. The minimum Gasteiger partial charge on any atom is -0.390 e. The van der Waals surface area contributed by atoms with Gasteiger partial charge in [-0.15, -0.1) is 0 Å². The molecule has 0 bridgehead atoms. The lowest BCUT2D eigenvalue weighted by atomic mass is 9.83. The normalized spacial score (nSPS) is 31.4. The van der Waals surface area contributed by atoms with Crippen molar-refractivity contribution in [3.05, 3.63) is 0 Å². The Kier molecular flexibility index (Phi) is 2.90. The first-order valence-electron chi connectivity index (χ1n) is 4.47. The van der Waals surface area contributed by atoms with E-state index in [0.717, 1.165) is 32.5 Å². The van der Waals surface area contributed by atoms with E-state index in [2.05, 4.69) is 0 Å². The second kappa shape index (κ2) is 3.55. The highest BCUT2D eigenvalue weighted by atomic mass is 16.5. The maximum atomic E-state index is 9.87. The van der Waals surface area contributed by atoms with E-state index >= 15 is 0 Å². The van der Waals surface area contributed by atoms with Gasteiger partial charge >= 0.3 is 0 Å². The Hall–Kier alpha value is -0.0800. The first-order valence-corrected chi connectivity index (χ1v) is 4.47. The van der Waals surface area contributed by atoms with Gasteiger partial charge < -0.3 is 9.84 Å². The molecule has 0 amide bonds. The van der Waals surface area contributed by atoms with Crippen molar-refractivity contribution in [3.8, 4) is 0 Å². The third kappa shape index (κ3) is 2.17. The molecule has 0 radical (unpaired) electrons. The number of hydrogen-bond acceptors (Lipinski definition) is 2. The largest absolute Gasteiger partial charge is 0.390 e. The molecule has 66 valence electrons. The zero-order valence-corrected chi connectivity index (χ0v) is 7.47. The van der Waals surface area contributed by atoms with Gasteiger partial charge in [0.15, 0.2) is 0 Å². The summed E-state index contributed by atoms with van der Waals surface area (Å²) < 4.78 is 5.31. The van der Waals surface area contributed by atoms with E-state index < -0.39 is 5.60 Å². The van der Waals surface area contributed by atoms with Crippen molar-refractivity contribution < 1.29 is 9.84 Å². The van der Waals surface area contributed by atoms with Gasteiger partial charge in [0.25, 0.3) is 0 Å². The van der Waals surface area contributed by atoms with Gasteiger partial charge in [-0.25, -0.2) is 0 Å². The Morgan fingerprint density at radius 2 is 2.36 bits per heavy atom. The first-order chi connectivity index (χ1) is 5.17. The maximum Gasteiger partial charge on any atom is 0.0667 e. The third-order valence-electron chi connectivity index (χ3n) is 2.76. The van der Waals surface area contributed by atoms with Crippen LogP contribution in [0.3, 0.4) is 0 Å². The van der Waals surface area contributed by atoms with Crippen molar-refractivity contribution in [2.75, 3.05) is 13.2 Å². The number of aliphatic hydroxyl groups is 1. The zero-order chi connectivity index (χ0) is 8.32. The molecule has 0 aliphatic carbocycles. The maximum absolute atomic E-state index is 9.87. The quantitative estimate of drug-likeness (QED) is 0.661. The van der Waals surface area contributed by atoms with Crippen LogP contribution in [0.4, 0.5) is 0 Å². The first kappa shape index (κ1) is 9.01. The molecule has 0 aromatic carbocycles. The van der Waals surface area contributed by atoms with Crippen LogP contribution in [0.2, 0.25) is 0 Å². The van der Waals surface area contributed by atoms with Gasteiger partial charge in [0.1, 0.15) is 0 Å². The third-order valence-corrected chi connectivity index (χ3v) is 2.76. The van der Waals surface area contributed by atoms with Gasteiger partial charge in [-0.05, 0) is 26.2 Å². The Balaban J connectivity index is 2.43. The molecule has 1 heterocycles. The molecule has 1 aliphatic heterocycles. The van der Waals surface area contributed by atoms with Crippen molar-refractivity contribution in [3.63, 3.8) is 0 Å². The molecule has 0 aromatic rings. The van der Waals surface area contributed by atoms with Crippen LogP contribution in [0.1, 0.15) is 33.1 Å². The molecule has 1 saturated heterocycles. The van der Waals surface area contributed by atoms with Gasteiger partial charge in [-0.3, -0.25) is 0 Å². The summed E-state index contributed by atoms with van der Waals surface area (Å²) >= 11 is 0. The van der Waals surface area contributed by atoms with Crippen LogP contribution in [0.5, 0.6) is 0 Å². The minimum absolute atomic E-state index is 0.348. The lowest BCUT2D eigenvalue weighted by Crippen LogP contribution is -2.39. The van der Waals surface area contributed by atoms with Crippen LogP contribution >= 0.6 is 0 Å². The van der Waals surface area contributed by atoms with Crippen LogP contribution in [0.25, 0.3) is 0 Å². The molecule has 2 heteroatoms. The molecule has 0 aromatic heterocycles. The Bertz CT molecular complexity index is 115. The SMILES string of the molecule is CCC(C)(O)C1CCCOC1. The molecule has 2 atom stereocenters. The number of ether oxygens (including phenoxy) is 1. The van der Waals surface area contributed by atoms with Crippen LogP contribution in [-0.2, 0) is 4.74 Å². The highest BCUT2D eigenvalue weighted by molar-refractivity contribution is 4.81. The molecular weight excluding hydrogens is 140 g/mol. The molecule has 1 N–H and O–H groups in total. The molecule has 1 fully saturated rings. The molecular formula is C9H18O2. The van der Waals surface area contributed by atoms with Crippen molar-refractivity contribution in [2.45, 2.75) is 38.7 Å². The van der Waals surface area contributed by atoms with Gasteiger partial charge in [0.05, 0.1) is 12.2 Å². The van der Waals surface area contributed by atoms with Crippen molar-refractivity contribution in [2.24, 2.45) is 5.92 Å². The zero-order valence-electron chi connectivity index (χ0n) is 7.47. The highest BCUT2D eigenvalue weighted by Gasteiger charge is 2.31. The Morgan fingerprint density at radius 1 is 1.64 bits per heavy atom. The molecule has 0 spiro atoms. The summed E-state index contributed by atoms with van der Waals surface area (Å²) in [6.07, 6.45) is 3.03. The fraction of sp³-hybridized carbons (Fsp3) is 1.00. The summed E-state index contributed by atoms with van der Waals surface area (Å²) in [5.41, 5.74) is -0.513. The molecule has 2 unspecified atom stereocenters. The van der Waals surface area contributed by atoms with Gasteiger partial charge in [0, 0.05) is 12.5 Å². The topological polar surface area (TPSA) is 29.5 Å². The van der Waals surface area contributed by atoms with E-state index in [1.54, 1.807) is 0 Å². The molecule has 0 saturated carbocycles. The second-order valence-corrected chi connectivity index (χ2v) is 3.62. The lowest BCUT2D eigenvalue weighted by molar-refractivity contribution is -0.0696. The monoisotopic (exact) mass is 158 g/mol. The van der Waals surface area contributed by atoms with E-state index in [1.807, 2.05) is 13.8 Å². The smallest absolute Gasteiger partial charge is 0.0667 e. The summed E-state index contributed by atoms with van der Waals surface area (Å²) in [5, 5.41) is 9.87. The van der Waals surface area contributed by atoms with E-state index in [0.29, 0.717) is 5.92 Å². The summed E-state index contributed by atoms with van der Waals surface area (Å²) in [5.74, 6) is 0.348. The van der Waals surface area contributed by atoms with Crippen LogP contribution in [0.15, 0.2) is 0 Å². The Morgan fingerprint density at radius 3 is 2.82 bits per heavy atom. The van der Waals surface area contributed by atoms with Crippen molar-refractivity contribution in [1.29, 1.82) is 0 Å². The number of rotatable bonds is 2. The lowest BCUT2D eigenvalue weighted by Gasteiger charge is -2.34. The predicted molar refractivity (Wildman–Crippen MR) is 44.5 cm³/mol. The van der Waals surface area contributed by atoms with Gasteiger partial charge in [-0.1, -0.05) is 6.92 Å². The van der Waals surface area contributed by atoms with Crippen LogP contribution in [0, 0.1) is 5.92 Å². The van der Waals surface area contributed by atoms with E-state index in [1.165, 1.54) is 0 Å². The van der Waals surface area contributed by atoms with E-state index in [4.69, 9.17) is 4.74 Å². The average Bonchev–Trinajstić information content (AvgIpc) is 2.06. The van der Waals surface area contributed by atoms with E-state index in [9.17, 15) is 5.11 Å². The van der Waals surface area contributed by atoms with Crippen molar-refractivity contribution >= 4 is 0 Å².